The molecule has 1 N–H and O–H groups in total. The quantitative estimate of drug-likeness (QED) is 0.729. The lowest BCUT2D eigenvalue weighted by molar-refractivity contribution is 0.0917. The molecule has 0 radical (unpaired) electrons. The van der Waals surface area contributed by atoms with Gasteiger partial charge in [0.05, 0.1) is 6.04 Å². The van der Waals surface area contributed by atoms with Gasteiger partial charge in [-0.1, -0.05) is 19.8 Å². The van der Waals surface area contributed by atoms with E-state index in [1.807, 2.05) is 0 Å². The van der Waals surface area contributed by atoms with Gasteiger partial charge < -0.3 is 5.32 Å². The van der Waals surface area contributed by atoms with Crippen LogP contribution in [-0.2, 0) is 0 Å². The second-order valence-corrected chi connectivity index (χ2v) is 5.15. The Labute approximate surface area is 99.8 Å². The van der Waals surface area contributed by atoms with E-state index in [4.69, 9.17) is 6.42 Å². The summed E-state index contributed by atoms with van der Waals surface area (Å²) in [6.07, 6.45) is 12.0. The molecule has 3 atom stereocenters. The van der Waals surface area contributed by atoms with Crippen LogP contribution in [0.1, 0.15) is 46.0 Å². The summed E-state index contributed by atoms with van der Waals surface area (Å²) in [4.78, 5) is 2.63. The molecule has 16 heavy (non-hydrogen) atoms. The van der Waals surface area contributed by atoms with Gasteiger partial charge >= 0.3 is 0 Å². The molecule has 90 valence electrons. The molecule has 0 aromatic heterocycles. The molecule has 2 bridgehead atoms. The van der Waals surface area contributed by atoms with Crippen molar-refractivity contribution in [3.8, 4) is 12.3 Å². The fourth-order valence-electron chi connectivity index (χ4n) is 3.59. The van der Waals surface area contributed by atoms with Crippen LogP contribution in [0.15, 0.2) is 0 Å². The van der Waals surface area contributed by atoms with Crippen LogP contribution >= 0.6 is 0 Å². The molecule has 2 aliphatic heterocycles. The highest BCUT2D eigenvalue weighted by atomic mass is 15.3. The minimum absolute atomic E-state index is 0.375. The predicted molar refractivity (Wildman–Crippen MR) is 68.3 cm³/mol. The molecule has 0 amide bonds. The van der Waals surface area contributed by atoms with Crippen LogP contribution in [-0.4, -0.2) is 35.6 Å². The largest absolute Gasteiger partial charge is 0.314 e. The number of rotatable bonds is 4. The van der Waals surface area contributed by atoms with Crippen LogP contribution in [0, 0.1) is 12.3 Å². The molecule has 2 nitrogen and oxygen atoms in total. The zero-order valence-corrected chi connectivity index (χ0v) is 10.6. The second kappa shape index (κ2) is 5.21. The number of piperidine rings is 1. The van der Waals surface area contributed by atoms with E-state index in [1.54, 1.807) is 0 Å². The van der Waals surface area contributed by atoms with Crippen LogP contribution in [0.4, 0.5) is 0 Å². The van der Waals surface area contributed by atoms with E-state index in [0.717, 1.165) is 31.1 Å². The molecular formula is C14H24N2. The first-order valence-electron chi connectivity index (χ1n) is 6.77. The summed E-state index contributed by atoms with van der Waals surface area (Å²) in [5.41, 5.74) is 0. The Morgan fingerprint density at radius 3 is 2.38 bits per heavy atom. The maximum Gasteiger partial charge on any atom is 0.0714 e. The summed E-state index contributed by atoms with van der Waals surface area (Å²) in [5.74, 6) is 2.97. The van der Waals surface area contributed by atoms with Gasteiger partial charge in [-0.25, -0.2) is 0 Å². The Morgan fingerprint density at radius 1 is 1.31 bits per heavy atom. The van der Waals surface area contributed by atoms with Gasteiger partial charge in [-0.2, -0.15) is 0 Å². The van der Waals surface area contributed by atoms with Crippen molar-refractivity contribution in [2.45, 2.75) is 70.1 Å². The zero-order chi connectivity index (χ0) is 11.5. The van der Waals surface area contributed by atoms with E-state index in [2.05, 4.69) is 30.0 Å². The van der Waals surface area contributed by atoms with Gasteiger partial charge in [-0.15, -0.1) is 6.42 Å². The summed E-state index contributed by atoms with van der Waals surface area (Å²) in [6, 6.07) is 2.58. The Kier molecular flexibility index (Phi) is 3.89. The lowest BCUT2D eigenvalue weighted by atomic mass is 9.95. The average Bonchev–Trinajstić information content (AvgIpc) is 2.55. The standard InChI is InChI=1S/C14H24N2/c1-4-12(5-2)16-13-7-8-14(16)10-11(9-13)15-6-3/h1,11-15H,5-10H2,2-3H3. The summed E-state index contributed by atoms with van der Waals surface area (Å²) in [6.45, 7) is 5.50. The topological polar surface area (TPSA) is 15.3 Å². The lowest BCUT2D eigenvalue weighted by Gasteiger charge is -2.42. The first kappa shape index (κ1) is 12.0. The van der Waals surface area contributed by atoms with E-state index in [1.165, 1.54) is 25.7 Å². The number of terminal acetylenes is 1. The zero-order valence-electron chi connectivity index (χ0n) is 10.6. The Hall–Kier alpha value is -0.520. The van der Waals surface area contributed by atoms with Crippen molar-refractivity contribution in [1.82, 2.24) is 10.2 Å². The molecule has 0 aliphatic carbocycles. The molecule has 3 unspecified atom stereocenters. The van der Waals surface area contributed by atoms with Gasteiger partial charge in [0.2, 0.25) is 0 Å². The molecule has 0 aromatic carbocycles. The summed E-state index contributed by atoms with van der Waals surface area (Å²) in [7, 11) is 0. The molecule has 0 saturated carbocycles. The Morgan fingerprint density at radius 2 is 1.94 bits per heavy atom. The number of hydrogen-bond acceptors (Lipinski definition) is 2. The second-order valence-electron chi connectivity index (χ2n) is 5.15. The van der Waals surface area contributed by atoms with E-state index < -0.39 is 0 Å². The first-order valence-corrected chi connectivity index (χ1v) is 6.77. The highest BCUT2D eigenvalue weighted by Gasteiger charge is 2.42. The molecular weight excluding hydrogens is 196 g/mol. The lowest BCUT2D eigenvalue weighted by Crippen LogP contribution is -2.52. The van der Waals surface area contributed by atoms with Gasteiger partial charge in [0, 0.05) is 18.1 Å². The molecule has 2 rings (SSSR count). The van der Waals surface area contributed by atoms with E-state index >= 15 is 0 Å². The number of fused-ring (bicyclic) bond motifs is 2. The van der Waals surface area contributed by atoms with Crippen LogP contribution < -0.4 is 5.32 Å². The number of nitrogens with zero attached hydrogens (tertiary/aromatic N) is 1. The van der Waals surface area contributed by atoms with Gasteiger partial charge in [0.15, 0.2) is 0 Å². The van der Waals surface area contributed by atoms with Gasteiger partial charge in [-0.3, -0.25) is 4.90 Å². The van der Waals surface area contributed by atoms with Crippen molar-refractivity contribution in [3.63, 3.8) is 0 Å². The van der Waals surface area contributed by atoms with Crippen molar-refractivity contribution in [2.75, 3.05) is 6.54 Å². The summed E-state index contributed by atoms with van der Waals surface area (Å²) in [5, 5.41) is 3.60. The van der Waals surface area contributed by atoms with Gasteiger partial charge in [0.25, 0.3) is 0 Å². The molecule has 0 aromatic rings. The minimum atomic E-state index is 0.375. The normalized spacial score (nSPS) is 35.9. The minimum Gasteiger partial charge on any atom is -0.314 e. The third-order valence-corrected chi connectivity index (χ3v) is 4.22. The Bertz CT molecular complexity index is 254. The Balaban J connectivity index is 2.02. The number of nitrogens with one attached hydrogen (secondary N) is 1. The van der Waals surface area contributed by atoms with Crippen LogP contribution in [0.3, 0.4) is 0 Å². The first-order chi connectivity index (χ1) is 7.80. The molecule has 2 fully saturated rings. The number of hydrogen-bond donors (Lipinski definition) is 1. The molecule has 2 aliphatic rings. The predicted octanol–water partition coefficient (Wildman–Crippen LogP) is 2.00. The molecule has 2 heterocycles. The maximum absolute atomic E-state index is 5.65. The third kappa shape index (κ3) is 2.12. The SMILES string of the molecule is C#CC(CC)N1C2CCC1CC(NCC)C2. The van der Waals surface area contributed by atoms with Crippen molar-refractivity contribution >= 4 is 0 Å². The van der Waals surface area contributed by atoms with E-state index in [0.29, 0.717) is 6.04 Å². The fourth-order valence-corrected chi connectivity index (χ4v) is 3.59. The van der Waals surface area contributed by atoms with Crippen molar-refractivity contribution < 1.29 is 0 Å². The maximum atomic E-state index is 5.65. The van der Waals surface area contributed by atoms with Gasteiger partial charge in [-0.05, 0) is 38.6 Å². The fraction of sp³-hybridized carbons (Fsp3) is 0.857. The third-order valence-electron chi connectivity index (χ3n) is 4.22. The van der Waals surface area contributed by atoms with Crippen LogP contribution in [0.25, 0.3) is 0 Å². The summed E-state index contributed by atoms with van der Waals surface area (Å²) >= 11 is 0. The van der Waals surface area contributed by atoms with Crippen molar-refractivity contribution in [3.05, 3.63) is 0 Å². The molecule has 2 heteroatoms. The molecule has 2 saturated heterocycles. The van der Waals surface area contributed by atoms with Crippen LogP contribution in [0.2, 0.25) is 0 Å². The smallest absolute Gasteiger partial charge is 0.0714 e. The highest BCUT2D eigenvalue weighted by Crippen LogP contribution is 2.37. The van der Waals surface area contributed by atoms with E-state index in [9.17, 15) is 0 Å². The van der Waals surface area contributed by atoms with E-state index in [-0.39, 0.29) is 0 Å². The summed E-state index contributed by atoms with van der Waals surface area (Å²) < 4.78 is 0. The van der Waals surface area contributed by atoms with Gasteiger partial charge in [0.1, 0.15) is 0 Å². The van der Waals surface area contributed by atoms with Crippen molar-refractivity contribution in [2.24, 2.45) is 0 Å². The van der Waals surface area contributed by atoms with Crippen LogP contribution in [0.5, 0.6) is 0 Å². The monoisotopic (exact) mass is 220 g/mol. The van der Waals surface area contributed by atoms with Crippen molar-refractivity contribution in [1.29, 1.82) is 0 Å². The highest BCUT2D eigenvalue weighted by molar-refractivity contribution is 5.08. The molecule has 0 spiro atoms. The average molecular weight is 220 g/mol.